The van der Waals surface area contributed by atoms with Crippen molar-refractivity contribution in [2.45, 2.75) is 148 Å². The van der Waals surface area contributed by atoms with Crippen LogP contribution in [0.1, 0.15) is 151 Å². The minimum Gasteiger partial charge on any atom is -0.493 e. The number of fused-ring (bicyclic) bond motifs is 1. The fourth-order valence-corrected chi connectivity index (χ4v) is 11.4. The van der Waals surface area contributed by atoms with Gasteiger partial charge in [-0.2, -0.15) is 0 Å². The number of thiazole rings is 1. The summed E-state index contributed by atoms with van der Waals surface area (Å²) in [5.41, 5.74) is 6.62. The molecule has 7 atom stereocenters. The third-order valence-electron chi connectivity index (χ3n) is 14.5. The molecule has 7 rings (SSSR count). The number of unbranched alkanes of at least 4 members (excludes halogenated alkanes) is 6. The summed E-state index contributed by atoms with van der Waals surface area (Å²) >= 11 is 7.81. The van der Waals surface area contributed by atoms with Gasteiger partial charge >= 0.3 is 0 Å². The van der Waals surface area contributed by atoms with Crippen LogP contribution in [-0.2, 0) is 19.2 Å². The van der Waals surface area contributed by atoms with Crippen molar-refractivity contribution in [1.82, 2.24) is 40.7 Å². The summed E-state index contributed by atoms with van der Waals surface area (Å²) in [5.74, 6) is 0.379. The first-order valence-electron chi connectivity index (χ1n) is 26.2. The fraction of sp³-hybridized carbons (Fsp3) is 0.582. The van der Waals surface area contributed by atoms with Gasteiger partial charge in [0.05, 0.1) is 52.6 Å². The van der Waals surface area contributed by atoms with Crippen molar-refractivity contribution >= 4 is 52.4 Å². The van der Waals surface area contributed by atoms with E-state index in [-0.39, 0.29) is 42.5 Å². The third-order valence-corrected chi connectivity index (χ3v) is 15.7. The molecule has 2 aliphatic heterocycles. The van der Waals surface area contributed by atoms with Crippen LogP contribution in [0, 0.1) is 12.3 Å². The molecule has 0 bridgehead atoms. The number of aromatic nitrogens is 3. The molecule has 4 heterocycles. The zero-order valence-corrected chi connectivity index (χ0v) is 45.2. The van der Waals surface area contributed by atoms with Gasteiger partial charge in [0.2, 0.25) is 23.6 Å². The molecule has 2 saturated heterocycles. The number of hydrogen-bond acceptors (Lipinski definition) is 13. The molecule has 2 aromatic carbocycles. The van der Waals surface area contributed by atoms with Gasteiger partial charge in [-0.1, -0.05) is 95.7 Å². The van der Waals surface area contributed by atoms with Crippen LogP contribution in [0.5, 0.6) is 5.75 Å². The number of β-amino-alcohol motifs (C(OH)–C–C–N with tert-alkyl or cyclic N) is 1. The van der Waals surface area contributed by atoms with Gasteiger partial charge in [-0.25, -0.2) is 15.0 Å². The predicted octanol–water partition coefficient (Wildman–Crippen LogP) is 7.62. The molecule has 396 valence electrons. The van der Waals surface area contributed by atoms with Crippen molar-refractivity contribution in [2.75, 3.05) is 57.3 Å². The maximum Gasteiger partial charge on any atom is 0.246 e. The van der Waals surface area contributed by atoms with Gasteiger partial charge in [0, 0.05) is 68.8 Å². The molecule has 73 heavy (non-hydrogen) atoms. The van der Waals surface area contributed by atoms with Crippen LogP contribution in [0.2, 0.25) is 5.02 Å². The number of aliphatic hydroxyl groups excluding tert-OH is 2. The molecule has 2 aromatic heterocycles. The highest BCUT2D eigenvalue weighted by molar-refractivity contribution is 7.13. The number of aliphatic hydroxyl groups is 2. The number of carbonyl (C=O) groups is 4. The van der Waals surface area contributed by atoms with E-state index in [0.717, 1.165) is 95.8 Å². The Balaban J connectivity index is 0.850. The normalized spacial score (nSPS) is 20.1. The molecule has 0 radical (unpaired) electrons. The lowest BCUT2D eigenvalue weighted by molar-refractivity contribution is -0.144. The number of nitrogens with one attached hydrogen (secondary N) is 3. The maximum atomic E-state index is 14.1. The monoisotopic (exact) mass is 1040 g/mol. The van der Waals surface area contributed by atoms with Gasteiger partial charge in [0.15, 0.2) is 0 Å². The second kappa shape index (κ2) is 25.4. The van der Waals surface area contributed by atoms with Crippen LogP contribution in [0.15, 0.2) is 54.3 Å². The molecule has 5 N–H and O–H groups in total. The molecule has 3 aliphatic rings. The zero-order valence-electron chi connectivity index (χ0n) is 43.7. The number of hydrogen-bond donors (Lipinski definition) is 5. The topological polar surface area (TPSA) is 202 Å². The zero-order chi connectivity index (χ0) is 52.4. The number of halogens is 1. The Bertz CT molecular complexity index is 2510. The number of carbonyl (C=O) groups excluding carboxylic acids is 4. The average Bonchev–Trinajstić information content (AvgIpc) is 4.07. The molecule has 0 saturated carbocycles. The number of likely N-dealkylation sites (tertiary alicyclic amines) is 1. The molecule has 18 heteroatoms. The van der Waals surface area contributed by atoms with E-state index in [9.17, 15) is 29.4 Å². The van der Waals surface area contributed by atoms with Gasteiger partial charge in [-0.15, -0.1) is 11.3 Å². The fourth-order valence-electron chi connectivity index (χ4n) is 10.5. The summed E-state index contributed by atoms with van der Waals surface area (Å²) in [5, 5.41) is 31.3. The van der Waals surface area contributed by atoms with Gasteiger partial charge in [0.25, 0.3) is 0 Å². The van der Waals surface area contributed by atoms with Crippen molar-refractivity contribution < 1.29 is 34.1 Å². The van der Waals surface area contributed by atoms with Crippen LogP contribution in [0.25, 0.3) is 10.4 Å². The standard InChI is InChI=1S/C55H76ClN9O7S/c1-34-27-45(68)48-47(34)51(59-32-58-48)63-22-24-64(25-23-63)53(70)43(38-15-18-40(56)19-16-38)30-57-21-13-11-9-8-10-12-14-26-72-46-28-39(49-36(3)60-33-73-49)17-20-42(46)35(2)61-52(69)44-29-41(67)31-65(44)54(71)50(55(5,6)7)62-37(4)66/h15-20,28,32-35,41,43-45,50,57,67-68H,8-14,21-27,29-31H2,1-7H3,(H,61,69)(H,62,66)/t34-,35+,41-,43-,44+,45-,50-/m1/s1. The van der Waals surface area contributed by atoms with E-state index in [1.54, 1.807) is 11.3 Å². The van der Waals surface area contributed by atoms with Crippen molar-refractivity contribution in [2.24, 2.45) is 5.41 Å². The highest BCUT2D eigenvalue weighted by Crippen LogP contribution is 2.43. The van der Waals surface area contributed by atoms with Crippen molar-refractivity contribution in [3.63, 3.8) is 0 Å². The minimum atomic E-state index is -0.898. The molecule has 1 aliphatic carbocycles. The number of anilines is 1. The Morgan fingerprint density at radius 2 is 1.59 bits per heavy atom. The number of rotatable bonds is 22. The second-order valence-corrected chi connectivity index (χ2v) is 22.5. The average molecular weight is 1040 g/mol. The summed E-state index contributed by atoms with van der Waals surface area (Å²) in [6.45, 7) is 17.3. The molecule has 0 unspecified atom stereocenters. The quantitative estimate of drug-likeness (QED) is 0.0483. The second-order valence-electron chi connectivity index (χ2n) is 21.2. The molecular formula is C55H76ClN9O7S. The molecule has 0 spiro atoms. The summed E-state index contributed by atoms with van der Waals surface area (Å²) in [4.78, 5) is 74.0. The number of ether oxygens (including phenoxy) is 1. The first-order chi connectivity index (χ1) is 34.9. The SMILES string of the molecule is CC(=O)N[C@H](C(=O)N1C[C@H](O)C[C@H]1C(=O)N[C@@H](C)c1ccc(-c2scnc2C)cc1OCCCCCCCCCNC[C@@H](C(=O)N1CCN(c2ncnc3c2[C@H](C)C[C@H]3O)CC1)c1ccc(Cl)cc1)C(C)(C)C. The molecular weight excluding hydrogens is 966 g/mol. The van der Waals surface area contributed by atoms with Crippen LogP contribution in [0.3, 0.4) is 0 Å². The Hall–Kier alpha value is -5.20. The summed E-state index contributed by atoms with van der Waals surface area (Å²) in [6, 6.07) is 11.4. The van der Waals surface area contributed by atoms with Gasteiger partial charge in [0.1, 0.15) is 30.0 Å². The van der Waals surface area contributed by atoms with Crippen molar-refractivity contribution in [3.05, 3.63) is 87.4 Å². The van der Waals surface area contributed by atoms with E-state index in [2.05, 4.69) is 42.7 Å². The van der Waals surface area contributed by atoms with Crippen LogP contribution in [0.4, 0.5) is 5.82 Å². The first-order valence-corrected chi connectivity index (χ1v) is 27.4. The lowest BCUT2D eigenvalue weighted by Crippen LogP contribution is -2.57. The number of aryl methyl sites for hydroxylation is 1. The van der Waals surface area contributed by atoms with Crippen molar-refractivity contribution in [3.8, 4) is 16.2 Å². The Kier molecular flexibility index (Phi) is 19.3. The molecule has 16 nitrogen and oxygen atoms in total. The third kappa shape index (κ3) is 14.1. The largest absolute Gasteiger partial charge is 0.493 e. The highest BCUT2D eigenvalue weighted by atomic mass is 35.5. The van der Waals surface area contributed by atoms with E-state index in [4.69, 9.17) is 16.3 Å². The Labute approximate surface area is 440 Å². The van der Waals surface area contributed by atoms with E-state index in [1.165, 1.54) is 18.2 Å². The number of benzene rings is 2. The highest BCUT2D eigenvalue weighted by Gasteiger charge is 2.45. The number of nitrogens with zero attached hydrogens (tertiary/aromatic N) is 6. The Morgan fingerprint density at radius 3 is 2.26 bits per heavy atom. The summed E-state index contributed by atoms with van der Waals surface area (Å²) < 4.78 is 6.49. The smallest absolute Gasteiger partial charge is 0.246 e. The van der Waals surface area contributed by atoms with Crippen LogP contribution < -0.4 is 25.6 Å². The van der Waals surface area contributed by atoms with Crippen LogP contribution in [-0.4, -0.2) is 129 Å². The van der Waals surface area contributed by atoms with E-state index < -0.39 is 41.7 Å². The maximum absolute atomic E-state index is 14.1. The lowest BCUT2D eigenvalue weighted by atomic mass is 9.85. The predicted molar refractivity (Wildman–Crippen MR) is 286 cm³/mol. The summed E-state index contributed by atoms with van der Waals surface area (Å²) in [7, 11) is 0. The first kappa shape index (κ1) is 55.5. The summed E-state index contributed by atoms with van der Waals surface area (Å²) in [6.07, 6.45) is 8.14. The molecule has 4 aromatic rings. The number of piperazine rings is 1. The van der Waals surface area contributed by atoms with Gasteiger partial charge in [-0.3, -0.25) is 19.2 Å². The van der Waals surface area contributed by atoms with E-state index in [1.807, 2.05) is 87.5 Å². The molecule has 4 amide bonds. The number of amides is 4. The van der Waals surface area contributed by atoms with Gasteiger partial charge < -0.3 is 45.6 Å². The Morgan fingerprint density at radius 1 is 0.890 bits per heavy atom. The van der Waals surface area contributed by atoms with Crippen molar-refractivity contribution in [1.29, 1.82) is 0 Å². The van der Waals surface area contributed by atoms with E-state index in [0.29, 0.717) is 56.5 Å². The molecule has 2 fully saturated rings. The van der Waals surface area contributed by atoms with Crippen LogP contribution >= 0.6 is 22.9 Å². The lowest BCUT2D eigenvalue weighted by Gasteiger charge is -2.38. The van der Waals surface area contributed by atoms with E-state index >= 15 is 0 Å². The minimum absolute atomic E-state index is 0.00385. The van der Waals surface area contributed by atoms with Gasteiger partial charge in [-0.05, 0) is 80.3 Å².